The van der Waals surface area contributed by atoms with Crippen molar-refractivity contribution in [3.05, 3.63) is 51.5 Å². The molecule has 1 N–H and O–H groups in total. The first-order valence-corrected chi connectivity index (χ1v) is 7.53. The van der Waals surface area contributed by atoms with Gasteiger partial charge in [-0.05, 0) is 12.1 Å². The lowest BCUT2D eigenvalue weighted by molar-refractivity contribution is 0.315. The Morgan fingerprint density at radius 3 is 2.48 bits per heavy atom. The molecule has 4 nitrogen and oxygen atoms in total. The van der Waals surface area contributed by atoms with E-state index in [1.165, 1.54) is 0 Å². The van der Waals surface area contributed by atoms with Gasteiger partial charge < -0.3 is 10.1 Å². The highest BCUT2D eigenvalue weighted by Crippen LogP contribution is 2.35. The lowest BCUT2D eigenvalue weighted by Crippen LogP contribution is -2.23. The minimum Gasteiger partial charge on any atom is -0.489 e. The number of nitrogens with zero attached hydrogens (tertiary/aromatic N) is 2. The van der Waals surface area contributed by atoms with E-state index in [1.807, 2.05) is 0 Å². The van der Waals surface area contributed by atoms with Crippen LogP contribution in [-0.4, -0.2) is 29.7 Å². The van der Waals surface area contributed by atoms with Crippen LogP contribution in [0.25, 0.3) is 0 Å². The Morgan fingerprint density at radius 1 is 1.05 bits per heavy atom. The van der Waals surface area contributed by atoms with Crippen molar-refractivity contribution in [3.8, 4) is 5.75 Å². The average Bonchev–Trinajstić information content (AvgIpc) is 2.45. The molecule has 0 atom stereocenters. The van der Waals surface area contributed by atoms with E-state index in [0.29, 0.717) is 34.0 Å². The molecule has 0 fully saturated rings. The monoisotopic (exact) mass is 345 g/mol. The summed E-state index contributed by atoms with van der Waals surface area (Å²) in [5, 5.41) is 4.55. The van der Waals surface area contributed by atoms with Crippen molar-refractivity contribution in [2.75, 3.05) is 19.7 Å². The topological polar surface area (TPSA) is 47.0 Å². The number of nitrogens with one attached hydrogen (secondary N) is 1. The summed E-state index contributed by atoms with van der Waals surface area (Å²) in [6, 6.07) is 3.21. The van der Waals surface area contributed by atoms with Crippen molar-refractivity contribution in [2.24, 2.45) is 0 Å². The van der Waals surface area contributed by atoms with Gasteiger partial charge in [-0.2, -0.15) is 0 Å². The van der Waals surface area contributed by atoms with Crippen molar-refractivity contribution in [2.45, 2.75) is 6.42 Å². The molecule has 2 aromatic rings. The van der Waals surface area contributed by atoms with Crippen LogP contribution >= 0.6 is 34.8 Å². The van der Waals surface area contributed by atoms with Crippen LogP contribution in [0.2, 0.25) is 15.1 Å². The zero-order valence-electron chi connectivity index (χ0n) is 11.2. The van der Waals surface area contributed by atoms with Gasteiger partial charge in [0.05, 0.1) is 15.7 Å². The van der Waals surface area contributed by atoms with E-state index in [2.05, 4.69) is 15.3 Å². The van der Waals surface area contributed by atoms with Gasteiger partial charge in [0, 0.05) is 43.1 Å². The summed E-state index contributed by atoms with van der Waals surface area (Å²) >= 11 is 17.9. The predicted molar refractivity (Wildman–Crippen MR) is 85.6 cm³/mol. The van der Waals surface area contributed by atoms with E-state index in [9.17, 15) is 0 Å². The minimum atomic E-state index is 0.409. The first-order valence-electron chi connectivity index (χ1n) is 6.40. The standard InChI is InChI=1S/C14H14Cl3N3O/c15-10-7-12(16)14(13(17)8-10)21-6-5-18-2-1-11-9-19-3-4-20-11/h3-4,7-9,18H,1-2,5-6H2. The van der Waals surface area contributed by atoms with E-state index in [0.717, 1.165) is 18.7 Å². The number of hydrogen-bond acceptors (Lipinski definition) is 4. The number of halogens is 3. The molecule has 0 amide bonds. The molecule has 0 aliphatic carbocycles. The second-order valence-corrected chi connectivity index (χ2v) is 5.49. The minimum absolute atomic E-state index is 0.409. The van der Waals surface area contributed by atoms with Gasteiger partial charge in [-0.3, -0.25) is 9.97 Å². The maximum atomic E-state index is 6.03. The first-order chi connectivity index (χ1) is 10.2. The van der Waals surface area contributed by atoms with Crippen LogP contribution < -0.4 is 10.1 Å². The maximum absolute atomic E-state index is 6.03. The van der Waals surface area contributed by atoms with Crippen molar-refractivity contribution in [3.63, 3.8) is 0 Å². The van der Waals surface area contributed by atoms with Crippen LogP contribution in [0.5, 0.6) is 5.75 Å². The Labute approximate surface area is 138 Å². The fourth-order valence-electron chi connectivity index (χ4n) is 1.69. The molecule has 21 heavy (non-hydrogen) atoms. The van der Waals surface area contributed by atoms with Gasteiger partial charge >= 0.3 is 0 Å². The molecule has 0 spiro atoms. The van der Waals surface area contributed by atoms with Gasteiger partial charge in [0.1, 0.15) is 6.61 Å². The number of aromatic nitrogens is 2. The summed E-state index contributed by atoms with van der Waals surface area (Å²) in [4.78, 5) is 8.21. The van der Waals surface area contributed by atoms with Crippen molar-refractivity contribution in [1.82, 2.24) is 15.3 Å². The van der Waals surface area contributed by atoms with Gasteiger partial charge in [0.25, 0.3) is 0 Å². The lowest BCUT2D eigenvalue weighted by Gasteiger charge is -2.11. The fourth-order valence-corrected chi connectivity index (χ4v) is 2.62. The molecule has 0 aliphatic heterocycles. The molecule has 7 heteroatoms. The maximum Gasteiger partial charge on any atom is 0.156 e. The molecule has 112 valence electrons. The highest BCUT2D eigenvalue weighted by molar-refractivity contribution is 6.40. The lowest BCUT2D eigenvalue weighted by atomic mass is 10.3. The normalized spacial score (nSPS) is 10.6. The number of ether oxygens (including phenoxy) is 1. The Morgan fingerprint density at radius 2 is 1.81 bits per heavy atom. The predicted octanol–water partition coefficient (Wildman–Crippen LogP) is 3.65. The molecule has 1 heterocycles. The van der Waals surface area contributed by atoms with Crippen LogP contribution in [0.4, 0.5) is 0 Å². The number of benzene rings is 1. The average molecular weight is 347 g/mol. The Bertz CT molecular complexity index is 558. The summed E-state index contributed by atoms with van der Waals surface area (Å²) in [5.74, 6) is 0.457. The summed E-state index contributed by atoms with van der Waals surface area (Å²) in [6.45, 7) is 1.93. The van der Waals surface area contributed by atoms with Gasteiger partial charge in [-0.1, -0.05) is 34.8 Å². The van der Waals surface area contributed by atoms with Crippen LogP contribution in [0.15, 0.2) is 30.7 Å². The third-order valence-corrected chi connectivity index (χ3v) is 3.44. The Hall–Kier alpha value is -1.07. The molecule has 0 saturated carbocycles. The van der Waals surface area contributed by atoms with Gasteiger partial charge in [0.2, 0.25) is 0 Å². The Kier molecular flexibility index (Phi) is 6.51. The van der Waals surface area contributed by atoms with E-state index in [-0.39, 0.29) is 0 Å². The largest absolute Gasteiger partial charge is 0.489 e. The van der Waals surface area contributed by atoms with E-state index < -0.39 is 0 Å². The summed E-state index contributed by atoms with van der Waals surface area (Å²) in [6.07, 6.45) is 5.91. The summed E-state index contributed by atoms with van der Waals surface area (Å²) in [7, 11) is 0. The van der Waals surface area contributed by atoms with Crippen molar-refractivity contribution in [1.29, 1.82) is 0 Å². The SMILES string of the molecule is Clc1cc(Cl)c(OCCNCCc2cnccn2)c(Cl)c1. The second-order valence-electron chi connectivity index (χ2n) is 4.24. The third kappa shape index (κ3) is 5.32. The smallest absolute Gasteiger partial charge is 0.156 e. The number of rotatable bonds is 7. The first kappa shape index (κ1) is 16.3. The quantitative estimate of drug-likeness (QED) is 0.777. The molecule has 0 saturated heterocycles. The van der Waals surface area contributed by atoms with Gasteiger partial charge in [0.15, 0.2) is 5.75 Å². The molecule has 0 unspecified atom stereocenters. The molecule has 1 aromatic carbocycles. The van der Waals surface area contributed by atoms with Gasteiger partial charge in [-0.25, -0.2) is 0 Å². The summed E-state index contributed by atoms with van der Waals surface area (Å²) < 4.78 is 5.56. The zero-order chi connectivity index (χ0) is 15.1. The van der Waals surface area contributed by atoms with Gasteiger partial charge in [-0.15, -0.1) is 0 Å². The highest BCUT2D eigenvalue weighted by atomic mass is 35.5. The fraction of sp³-hybridized carbons (Fsp3) is 0.286. The third-order valence-electron chi connectivity index (χ3n) is 2.66. The molecule has 1 aromatic heterocycles. The van der Waals surface area contributed by atoms with Crippen molar-refractivity contribution < 1.29 is 4.74 Å². The highest BCUT2D eigenvalue weighted by Gasteiger charge is 2.08. The van der Waals surface area contributed by atoms with Crippen LogP contribution in [-0.2, 0) is 6.42 Å². The summed E-state index contributed by atoms with van der Waals surface area (Å²) in [5.41, 5.74) is 0.953. The van der Waals surface area contributed by atoms with E-state index in [4.69, 9.17) is 39.5 Å². The van der Waals surface area contributed by atoms with Crippen LogP contribution in [0.1, 0.15) is 5.69 Å². The zero-order valence-corrected chi connectivity index (χ0v) is 13.4. The molecule has 0 radical (unpaired) electrons. The van der Waals surface area contributed by atoms with Crippen LogP contribution in [0.3, 0.4) is 0 Å². The second kappa shape index (κ2) is 8.39. The number of hydrogen-bond donors (Lipinski definition) is 1. The molecule has 2 rings (SSSR count). The van der Waals surface area contributed by atoms with Crippen LogP contribution in [0, 0.1) is 0 Å². The van der Waals surface area contributed by atoms with E-state index >= 15 is 0 Å². The van der Waals surface area contributed by atoms with E-state index in [1.54, 1.807) is 30.7 Å². The molecule has 0 bridgehead atoms. The van der Waals surface area contributed by atoms with Crippen molar-refractivity contribution >= 4 is 34.8 Å². The Balaban J connectivity index is 1.68. The molecular weight excluding hydrogens is 333 g/mol. The molecule has 0 aliphatic rings. The molecular formula is C14H14Cl3N3O.